The van der Waals surface area contributed by atoms with Crippen molar-refractivity contribution >= 4 is 38.9 Å². The molecule has 0 bridgehead atoms. The van der Waals surface area contributed by atoms with Crippen LogP contribution in [0.25, 0.3) is 0 Å². The smallest absolute Gasteiger partial charge is 0.277 e. The summed E-state index contributed by atoms with van der Waals surface area (Å²) in [7, 11) is -3.58. The predicted octanol–water partition coefficient (Wildman–Crippen LogP) is 2.55. The first-order valence-electron chi connectivity index (χ1n) is 9.51. The third-order valence-electron chi connectivity index (χ3n) is 4.20. The number of rotatable bonds is 8. The number of aromatic nitrogens is 5. The van der Waals surface area contributed by atoms with Crippen molar-refractivity contribution in [1.29, 1.82) is 0 Å². The van der Waals surface area contributed by atoms with Crippen LogP contribution >= 0.6 is 0 Å². The molecule has 1 amide bonds. The Bertz CT molecular complexity index is 1240. The van der Waals surface area contributed by atoms with Crippen LogP contribution in [0.5, 0.6) is 0 Å². The summed E-state index contributed by atoms with van der Waals surface area (Å²) in [6, 6.07) is 7.99. The van der Waals surface area contributed by atoms with Crippen LogP contribution in [0.15, 0.2) is 54.2 Å². The number of carbonyl (C=O) groups excluding carboxylic acids is 1. The van der Waals surface area contributed by atoms with Crippen LogP contribution in [0.4, 0.5) is 23.1 Å². The topological polar surface area (TPSA) is 152 Å². The van der Waals surface area contributed by atoms with E-state index in [9.17, 15) is 13.2 Å². The third kappa shape index (κ3) is 5.40. The molecule has 11 nitrogen and oxygen atoms in total. The Morgan fingerprint density at radius 3 is 2.44 bits per heavy atom. The van der Waals surface area contributed by atoms with Crippen LogP contribution < -0.4 is 16.0 Å². The SMILES string of the molecule is C=CNC(=O)c1nnc(Nc2ccc(C(C)C)nn2)cc1Nc1ncccc1S(C)(=O)=O. The van der Waals surface area contributed by atoms with Gasteiger partial charge in [0.05, 0.1) is 11.4 Å². The molecular formula is C20H22N8O3S. The number of nitrogens with one attached hydrogen (secondary N) is 3. The lowest BCUT2D eigenvalue weighted by Crippen LogP contribution is -2.21. The molecule has 0 aliphatic carbocycles. The summed E-state index contributed by atoms with van der Waals surface area (Å²) in [5.74, 6) is 0.373. The van der Waals surface area contributed by atoms with Gasteiger partial charge in [-0.15, -0.1) is 15.3 Å². The van der Waals surface area contributed by atoms with Gasteiger partial charge in [-0.05, 0) is 36.4 Å². The first-order valence-corrected chi connectivity index (χ1v) is 11.4. The fourth-order valence-corrected chi connectivity index (χ4v) is 3.42. The maximum Gasteiger partial charge on any atom is 0.277 e. The Morgan fingerprint density at radius 1 is 1.06 bits per heavy atom. The summed E-state index contributed by atoms with van der Waals surface area (Å²) in [4.78, 5) is 16.5. The number of nitrogens with zero attached hydrogens (tertiary/aromatic N) is 5. The minimum atomic E-state index is -3.58. The Kier molecular flexibility index (Phi) is 6.73. The van der Waals surface area contributed by atoms with E-state index in [1.54, 1.807) is 6.07 Å². The van der Waals surface area contributed by atoms with Crippen molar-refractivity contribution < 1.29 is 13.2 Å². The van der Waals surface area contributed by atoms with E-state index >= 15 is 0 Å². The molecule has 0 fully saturated rings. The molecule has 166 valence electrons. The fraction of sp³-hybridized carbons (Fsp3) is 0.200. The van der Waals surface area contributed by atoms with Crippen LogP contribution in [-0.4, -0.2) is 46.0 Å². The molecular weight excluding hydrogens is 432 g/mol. The minimum absolute atomic E-state index is 0.0310. The van der Waals surface area contributed by atoms with Crippen molar-refractivity contribution in [2.75, 3.05) is 16.9 Å². The number of anilines is 4. The quantitative estimate of drug-likeness (QED) is 0.463. The lowest BCUT2D eigenvalue weighted by molar-refractivity contribution is 0.0965. The fourth-order valence-electron chi connectivity index (χ4n) is 2.64. The van der Waals surface area contributed by atoms with Gasteiger partial charge in [-0.25, -0.2) is 13.4 Å². The maximum atomic E-state index is 12.4. The van der Waals surface area contributed by atoms with Gasteiger partial charge in [0.2, 0.25) is 0 Å². The van der Waals surface area contributed by atoms with E-state index in [0.29, 0.717) is 5.82 Å². The lowest BCUT2D eigenvalue weighted by Gasteiger charge is -2.13. The summed E-state index contributed by atoms with van der Waals surface area (Å²) in [6.45, 7) is 7.48. The zero-order valence-electron chi connectivity index (χ0n) is 17.7. The highest BCUT2D eigenvalue weighted by atomic mass is 32.2. The van der Waals surface area contributed by atoms with Gasteiger partial charge < -0.3 is 16.0 Å². The summed E-state index contributed by atoms with van der Waals surface area (Å²) >= 11 is 0. The molecule has 0 aromatic carbocycles. The normalized spacial score (nSPS) is 11.1. The average molecular weight is 455 g/mol. The largest absolute Gasteiger partial charge is 0.337 e. The van der Waals surface area contributed by atoms with Gasteiger partial charge in [-0.3, -0.25) is 4.79 Å². The Balaban J connectivity index is 1.99. The van der Waals surface area contributed by atoms with Crippen molar-refractivity contribution in [2.24, 2.45) is 0 Å². The van der Waals surface area contributed by atoms with Gasteiger partial charge in [-0.2, -0.15) is 5.10 Å². The highest BCUT2D eigenvalue weighted by Gasteiger charge is 2.19. The molecule has 0 aliphatic rings. The maximum absolute atomic E-state index is 12.4. The van der Waals surface area contributed by atoms with E-state index in [1.165, 1.54) is 30.6 Å². The molecule has 0 unspecified atom stereocenters. The molecule has 0 spiro atoms. The van der Waals surface area contributed by atoms with Gasteiger partial charge in [0.15, 0.2) is 27.2 Å². The van der Waals surface area contributed by atoms with Crippen LogP contribution in [0, 0.1) is 0 Å². The minimum Gasteiger partial charge on any atom is -0.337 e. The number of carbonyl (C=O) groups is 1. The number of hydrogen-bond acceptors (Lipinski definition) is 10. The number of amides is 1. The predicted molar refractivity (Wildman–Crippen MR) is 120 cm³/mol. The van der Waals surface area contributed by atoms with E-state index in [-0.39, 0.29) is 33.8 Å². The molecule has 0 saturated heterocycles. The van der Waals surface area contributed by atoms with Crippen molar-refractivity contribution in [3.63, 3.8) is 0 Å². The van der Waals surface area contributed by atoms with E-state index in [1.807, 2.05) is 19.9 Å². The molecule has 3 heterocycles. The van der Waals surface area contributed by atoms with Gasteiger partial charge in [0.1, 0.15) is 10.7 Å². The molecule has 0 atom stereocenters. The first kappa shape index (κ1) is 22.7. The molecule has 0 saturated carbocycles. The molecule has 12 heteroatoms. The summed E-state index contributed by atoms with van der Waals surface area (Å²) in [5.41, 5.74) is 0.933. The second kappa shape index (κ2) is 9.47. The van der Waals surface area contributed by atoms with Crippen LogP contribution in [0.2, 0.25) is 0 Å². The van der Waals surface area contributed by atoms with Gasteiger partial charge in [0, 0.05) is 18.5 Å². The van der Waals surface area contributed by atoms with E-state index in [0.717, 1.165) is 11.9 Å². The number of sulfone groups is 1. The molecule has 3 aromatic heterocycles. The van der Waals surface area contributed by atoms with Crippen molar-refractivity contribution in [3.05, 3.63) is 60.7 Å². The zero-order chi connectivity index (χ0) is 23.3. The number of pyridine rings is 1. The highest BCUT2D eigenvalue weighted by Crippen LogP contribution is 2.26. The standard InChI is InChI=1S/C20H22N8O3S/c1-5-21-20(29)18-14(23-19-15(32(4,30)31)7-6-10-22-19)11-17(27-28-18)24-16-9-8-13(12(2)3)25-26-16/h5-12H,1H2,2-4H3,(H,21,29)(H2,22,23,24,26,27). The van der Waals surface area contributed by atoms with Crippen molar-refractivity contribution in [3.8, 4) is 0 Å². The van der Waals surface area contributed by atoms with E-state index in [2.05, 4.69) is 47.9 Å². The Morgan fingerprint density at radius 2 is 1.81 bits per heavy atom. The number of hydrogen-bond donors (Lipinski definition) is 3. The Labute approximate surface area is 185 Å². The van der Waals surface area contributed by atoms with E-state index in [4.69, 9.17) is 0 Å². The highest BCUT2D eigenvalue weighted by molar-refractivity contribution is 7.90. The molecule has 3 rings (SSSR count). The van der Waals surface area contributed by atoms with Crippen molar-refractivity contribution in [2.45, 2.75) is 24.7 Å². The lowest BCUT2D eigenvalue weighted by atomic mass is 10.1. The first-order chi connectivity index (χ1) is 15.2. The zero-order valence-corrected chi connectivity index (χ0v) is 18.5. The van der Waals surface area contributed by atoms with Gasteiger partial charge >= 0.3 is 0 Å². The second-order valence-electron chi connectivity index (χ2n) is 7.04. The Hall–Kier alpha value is -3.93. The summed E-state index contributed by atoms with van der Waals surface area (Å²) in [5, 5.41) is 24.5. The second-order valence-corrected chi connectivity index (χ2v) is 9.02. The third-order valence-corrected chi connectivity index (χ3v) is 5.33. The molecule has 0 aliphatic heterocycles. The molecule has 3 N–H and O–H groups in total. The molecule has 32 heavy (non-hydrogen) atoms. The van der Waals surface area contributed by atoms with Gasteiger partial charge in [-0.1, -0.05) is 20.4 Å². The van der Waals surface area contributed by atoms with Crippen LogP contribution in [0.1, 0.15) is 35.9 Å². The van der Waals surface area contributed by atoms with Crippen molar-refractivity contribution in [1.82, 2.24) is 30.7 Å². The monoisotopic (exact) mass is 454 g/mol. The summed E-state index contributed by atoms with van der Waals surface area (Å²) in [6.07, 6.45) is 3.70. The summed E-state index contributed by atoms with van der Waals surface area (Å²) < 4.78 is 24.2. The van der Waals surface area contributed by atoms with Crippen LogP contribution in [-0.2, 0) is 9.84 Å². The molecule has 3 aromatic rings. The van der Waals surface area contributed by atoms with Crippen LogP contribution in [0.3, 0.4) is 0 Å². The van der Waals surface area contributed by atoms with E-state index < -0.39 is 15.7 Å². The average Bonchev–Trinajstić information content (AvgIpc) is 2.74. The molecule has 0 radical (unpaired) electrons. The van der Waals surface area contributed by atoms with Gasteiger partial charge in [0.25, 0.3) is 5.91 Å².